The van der Waals surface area contributed by atoms with Gasteiger partial charge >= 0.3 is 0 Å². The highest BCUT2D eigenvalue weighted by Gasteiger charge is 2.08. The molecule has 6 nitrogen and oxygen atoms in total. The van der Waals surface area contributed by atoms with Crippen LogP contribution in [0.5, 0.6) is 5.75 Å². The molecule has 0 unspecified atom stereocenters. The van der Waals surface area contributed by atoms with Crippen LogP contribution >= 0.6 is 0 Å². The molecule has 6 heteroatoms. The van der Waals surface area contributed by atoms with Crippen molar-refractivity contribution in [2.45, 2.75) is 38.6 Å². The van der Waals surface area contributed by atoms with Crippen LogP contribution in [0.15, 0.2) is 24.3 Å². The fourth-order valence-electron chi connectivity index (χ4n) is 3.02. The summed E-state index contributed by atoms with van der Waals surface area (Å²) >= 11 is 0. The van der Waals surface area contributed by atoms with E-state index in [2.05, 4.69) is 15.6 Å². The van der Waals surface area contributed by atoms with Gasteiger partial charge in [-0.3, -0.25) is 0 Å². The van der Waals surface area contributed by atoms with Crippen molar-refractivity contribution in [2.24, 2.45) is 11.5 Å². The second-order valence-electron chi connectivity index (χ2n) is 6.60. The monoisotopic (exact) mass is 359 g/mol. The lowest BCUT2D eigenvalue weighted by Crippen LogP contribution is -2.24. The Bertz CT molecular complexity index is 662. The molecule has 144 valence electrons. The molecule has 1 aromatic heterocycles. The fraction of sp³-hybridized carbons (Fsp3) is 0.550. The molecule has 0 aliphatic rings. The van der Waals surface area contributed by atoms with Gasteiger partial charge in [0.2, 0.25) is 0 Å². The summed E-state index contributed by atoms with van der Waals surface area (Å²) < 4.78 is 0. The van der Waals surface area contributed by atoms with Gasteiger partial charge in [-0.25, -0.2) is 4.98 Å². The number of phenolic OH excluding ortho intramolecular Hbond substituents is 1. The smallest absolute Gasteiger partial charge is 0.141 e. The molecule has 1 aromatic carbocycles. The number of rotatable bonds is 13. The number of hydrogen-bond donors (Lipinski definition) is 5. The highest BCUT2D eigenvalue weighted by Crippen LogP contribution is 2.25. The van der Waals surface area contributed by atoms with Gasteiger partial charge in [0.05, 0.1) is 0 Å². The molecule has 0 bridgehead atoms. The van der Waals surface area contributed by atoms with Crippen molar-refractivity contribution < 1.29 is 5.11 Å². The summed E-state index contributed by atoms with van der Waals surface area (Å²) in [4.78, 5) is 4.66. The fourth-order valence-corrected chi connectivity index (χ4v) is 3.02. The normalized spacial score (nSPS) is 11.3. The first kappa shape index (κ1) is 20.6. The minimum absolute atomic E-state index is 0.231. The molecule has 2 aromatic rings. The van der Waals surface area contributed by atoms with Crippen LogP contribution in [-0.4, -0.2) is 42.8 Å². The average molecular weight is 360 g/mol. The molecule has 0 saturated carbocycles. The molecule has 0 saturated heterocycles. The average Bonchev–Trinajstić information content (AvgIpc) is 2.66. The third kappa shape index (κ3) is 6.53. The summed E-state index contributed by atoms with van der Waals surface area (Å²) in [7, 11) is 0. The van der Waals surface area contributed by atoms with E-state index in [9.17, 15) is 5.11 Å². The van der Waals surface area contributed by atoms with E-state index < -0.39 is 0 Å². The van der Waals surface area contributed by atoms with Crippen LogP contribution in [0.3, 0.4) is 0 Å². The quantitative estimate of drug-likeness (QED) is 0.348. The minimum Gasteiger partial charge on any atom is -0.506 e. The van der Waals surface area contributed by atoms with Gasteiger partial charge in [-0.1, -0.05) is 12.1 Å². The lowest BCUT2D eigenvalue weighted by molar-refractivity contribution is 0.480. The molecule has 0 aliphatic heterocycles. The van der Waals surface area contributed by atoms with E-state index in [1.54, 1.807) is 6.07 Å². The van der Waals surface area contributed by atoms with Gasteiger partial charge in [0.1, 0.15) is 11.3 Å². The second-order valence-corrected chi connectivity index (χ2v) is 6.60. The van der Waals surface area contributed by atoms with Crippen LogP contribution in [0.2, 0.25) is 0 Å². The molecule has 0 aliphatic carbocycles. The Morgan fingerprint density at radius 1 is 0.923 bits per heavy atom. The predicted molar refractivity (Wildman–Crippen MR) is 108 cm³/mol. The van der Waals surface area contributed by atoms with Crippen LogP contribution in [0, 0.1) is 0 Å². The Kier molecular flexibility index (Phi) is 9.34. The maximum Gasteiger partial charge on any atom is 0.141 e. The largest absolute Gasteiger partial charge is 0.506 e. The van der Waals surface area contributed by atoms with Crippen molar-refractivity contribution >= 4 is 10.9 Å². The zero-order valence-corrected chi connectivity index (χ0v) is 15.6. The van der Waals surface area contributed by atoms with Crippen molar-refractivity contribution in [2.75, 3.05) is 32.7 Å². The van der Waals surface area contributed by atoms with Crippen LogP contribution < -0.4 is 22.1 Å². The van der Waals surface area contributed by atoms with Gasteiger partial charge in [-0.15, -0.1) is 0 Å². The topological polar surface area (TPSA) is 109 Å². The maximum atomic E-state index is 10.0. The van der Waals surface area contributed by atoms with E-state index >= 15 is 0 Å². The first-order chi connectivity index (χ1) is 12.8. The number of para-hydroxylation sites is 1. The Morgan fingerprint density at radius 2 is 1.65 bits per heavy atom. The van der Waals surface area contributed by atoms with Crippen LogP contribution in [0.4, 0.5) is 0 Å². The molecule has 7 N–H and O–H groups in total. The van der Waals surface area contributed by atoms with Crippen molar-refractivity contribution in [3.63, 3.8) is 0 Å². The molecule has 0 spiro atoms. The number of aromatic nitrogens is 1. The van der Waals surface area contributed by atoms with E-state index in [1.807, 2.05) is 18.2 Å². The predicted octanol–water partition coefficient (Wildman–Crippen LogP) is 1.64. The Balaban J connectivity index is 1.68. The summed E-state index contributed by atoms with van der Waals surface area (Å²) in [6.07, 6.45) is 5.22. The van der Waals surface area contributed by atoms with Gasteiger partial charge in [0.25, 0.3) is 0 Å². The number of hydrogen-bond acceptors (Lipinski definition) is 6. The molecule has 2 rings (SSSR count). The van der Waals surface area contributed by atoms with E-state index in [0.717, 1.165) is 81.5 Å². The molecule has 0 fully saturated rings. The standard InChI is InChI=1S/C20H33N5O/c21-9-4-11-24-13-5-12-23-10-2-1-7-18-17(15-22)14-16-6-3-8-19(26)20(16)25-18/h3,6,8,14,23-24,26H,1-2,4-5,7,9-13,15,21-22H2. The Labute approximate surface area is 156 Å². The third-order valence-corrected chi connectivity index (χ3v) is 4.49. The molecule has 26 heavy (non-hydrogen) atoms. The Morgan fingerprint density at radius 3 is 2.38 bits per heavy atom. The highest BCUT2D eigenvalue weighted by atomic mass is 16.3. The second kappa shape index (κ2) is 11.8. The molecule has 1 heterocycles. The first-order valence-corrected chi connectivity index (χ1v) is 9.68. The number of aromatic hydroxyl groups is 1. The number of phenols is 1. The van der Waals surface area contributed by atoms with Crippen LogP contribution in [0.1, 0.15) is 36.9 Å². The highest BCUT2D eigenvalue weighted by molar-refractivity contribution is 5.84. The third-order valence-electron chi connectivity index (χ3n) is 4.49. The lowest BCUT2D eigenvalue weighted by atomic mass is 10.0. The van der Waals surface area contributed by atoms with E-state index in [4.69, 9.17) is 11.5 Å². The van der Waals surface area contributed by atoms with Crippen molar-refractivity contribution in [3.8, 4) is 5.75 Å². The number of nitrogens with zero attached hydrogens (tertiary/aromatic N) is 1. The van der Waals surface area contributed by atoms with E-state index in [0.29, 0.717) is 12.1 Å². The number of aryl methyl sites for hydroxylation is 1. The van der Waals surface area contributed by atoms with E-state index in [1.165, 1.54) is 0 Å². The van der Waals surface area contributed by atoms with E-state index in [-0.39, 0.29) is 5.75 Å². The summed E-state index contributed by atoms with van der Waals surface area (Å²) in [5.41, 5.74) is 14.1. The summed E-state index contributed by atoms with van der Waals surface area (Å²) in [5.74, 6) is 0.231. The summed E-state index contributed by atoms with van der Waals surface area (Å²) in [6.45, 7) is 5.32. The SMILES string of the molecule is NCCCNCCCNCCCCc1nc2c(O)cccc2cc1CN. The van der Waals surface area contributed by atoms with Gasteiger partial charge in [-0.2, -0.15) is 0 Å². The minimum atomic E-state index is 0.231. The van der Waals surface area contributed by atoms with Gasteiger partial charge in [-0.05, 0) is 82.5 Å². The number of pyridine rings is 1. The molecule has 0 radical (unpaired) electrons. The van der Waals surface area contributed by atoms with Gasteiger partial charge in [0, 0.05) is 17.6 Å². The zero-order chi connectivity index (χ0) is 18.6. The lowest BCUT2D eigenvalue weighted by Gasteiger charge is -2.10. The molecular formula is C20H33N5O. The number of unbranched alkanes of at least 4 members (excludes halogenated alkanes) is 1. The van der Waals surface area contributed by atoms with Crippen molar-refractivity contribution in [1.29, 1.82) is 0 Å². The summed E-state index contributed by atoms with van der Waals surface area (Å²) in [6, 6.07) is 7.52. The van der Waals surface area contributed by atoms with Crippen molar-refractivity contribution in [1.82, 2.24) is 15.6 Å². The number of benzene rings is 1. The maximum absolute atomic E-state index is 10.0. The molecule has 0 amide bonds. The number of nitrogens with one attached hydrogen (secondary N) is 2. The summed E-state index contributed by atoms with van der Waals surface area (Å²) in [5, 5.41) is 17.8. The molecular weight excluding hydrogens is 326 g/mol. The zero-order valence-electron chi connectivity index (χ0n) is 15.6. The number of fused-ring (bicyclic) bond motifs is 1. The van der Waals surface area contributed by atoms with Crippen molar-refractivity contribution in [3.05, 3.63) is 35.5 Å². The molecule has 0 atom stereocenters. The first-order valence-electron chi connectivity index (χ1n) is 9.68. The number of nitrogens with two attached hydrogens (primary N) is 2. The van der Waals surface area contributed by atoms with Crippen LogP contribution in [-0.2, 0) is 13.0 Å². The van der Waals surface area contributed by atoms with Gasteiger partial charge < -0.3 is 27.2 Å². The Hall–Kier alpha value is -1.73. The van der Waals surface area contributed by atoms with Crippen LogP contribution in [0.25, 0.3) is 10.9 Å². The van der Waals surface area contributed by atoms with Gasteiger partial charge in [0.15, 0.2) is 0 Å².